The van der Waals surface area contributed by atoms with Crippen molar-refractivity contribution in [3.05, 3.63) is 71.3 Å². The highest BCUT2D eigenvalue weighted by molar-refractivity contribution is 5.63. The van der Waals surface area contributed by atoms with E-state index < -0.39 is 0 Å². The zero-order chi connectivity index (χ0) is 15.1. The summed E-state index contributed by atoms with van der Waals surface area (Å²) in [5.41, 5.74) is 3.41. The lowest BCUT2D eigenvalue weighted by Gasteiger charge is -2.06. The van der Waals surface area contributed by atoms with Crippen LogP contribution in [0.3, 0.4) is 0 Å². The van der Waals surface area contributed by atoms with Gasteiger partial charge in [0.05, 0.1) is 14.2 Å². The Morgan fingerprint density at radius 2 is 1.48 bits per heavy atom. The van der Waals surface area contributed by atoms with Crippen molar-refractivity contribution >= 4 is 12.2 Å². The maximum absolute atomic E-state index is 5.28. The fourth-order valence-corrected chi connectivity index (χ4v) is 2.02. The summed E-state index contributed by atoms with van der Waals surface area (Å²) in [5.74, 6) is 1.58. The standard InChI is InChI=1S/C19H20O2/c1-15(9-10-16-7-5-4-6-8-16)11-17-12-18(20-2)14-19(13-17)21-3/h4-14H,1-3H3. The van der Waals surface area contributed by atoms with Crippen LogP contribution in [0.4, 0.5) is 0 Å². The summed E-state index contributed by atoms with van der Waals surface area (Å²) >= 11 is 0. The van der Waals surface area contributed by atoms with Crippen molar-refractivity contribution in [2.24, 2.45) is 0 Å². The highest BCUT2D eigenvalue weighted by Gasteiger charge is 1.99. The lowest BCUT2D eigenvalue weighted by Crippen LogP contribution is -1.88. The van der Waals surface area contributed by atoms with Gasteiger partial charge in [0.25, 0.3) is 0 Å². The monoisotopic (exact) mass is 280 g/mol. The van der Waals surface area contributed by atoms with Crippen LogP contribution in [0.1, 0.15) is 18.1 Å². The molecule has 2 nitrogen and oxygen atoms in total. The Morgan fingerprint density at radius 1 is 0.857 bits per heavy atom. The molecule has 0 fully saturated rings. The summed E-state index contributed by atoms with van der Waals surface area (Å²) in [5, 5.41) is 0. The second kappa shape index (κ2) is 7.34. The van der Waals surface area contributed by atoms with E-state index in [-0.39, 0.29) is 0 Å². The van der Waals surface area contributed by atoms with E-state index in [4.69, 9.17) is 9.47 Å². The van der Waals surface area contributed by atoms with Crippen LogP contribution in [0.2, 0.25) is 0 Å². The summed E-state index contributed by atoms with van der Waals surface area (Å²) in [6.07, 6.45) is 6.30. The van der Waals surface area contributed by atoms with Crippen molar-refractivity contribution < 1.29 is 9.47 Å². The normalized spacial score (nSPS) is 11.7. The predicted molar refractivity (Wildman–Crippen MR) is 88.7 cm³/mol. The molecule has 0 aliphatic carbocycles. The van der Waals surface area contributed by atoms with E-state index in [1.807, 2.05) is 36.4 Å². The second-order valence-corrected chi connectivity index (χ2v) is 4.78. The zero-order valence-corrected chi connectivity index (χ0v) is 12.7. The van der Waals surface area contributed by atoms with Gasteiger partial charge in [-0.25, -0.2) is 0 Å². The fourth-order valence-electron chi connectivity index (χ4n) is 2.02. The highest BCUT2D eigenvalue weighted by atomic mass is 16.5. The van der Waals surface area contributed by atoms with Crippen LogP contribution in [0.25, 0.3) is 12.2 Å². The molecule has 21 heavy (non-hydrogen) atoms. The summed E-state index contributed by atoms with van der Waals surface area (Å²) in [4.78, 5) is 0. The molecule has 0 aliphatic rings. The Morgan fingerprint density at radius 3 is 2.05 bits per heavy atom. The molecular weight excluding hydrogens is 260 g/mol. The van der Waals surface area contributed by atoms with E-state index >= 15 is 0 Å². The van der Waals surface area contributed by atoms with Gasteiger partial charge in [-0.3, -0.25) is 0 Å². The van der Waals surface area contributed by atoms with Crippen molar-refractivity contribution in [1.29, 1.82) is 0 Å². The number of hydrogen-bond acceptors (Lipinski definition) is 2. The van der Waals surface area contributed by atoms with Gasteiger partial charge in [-0.2, -0.15) is 0 Å². The minimum absolute atomic E-state index is 0.792. The van der Waals surface area contributed by atoms with E-state index in [1.54, 1.807) is 14.2 Å². The molecule has 0 radical (unpaired) electrons. The molecule has 0 amide bonds. The molecular formula is C19H20O2. The third kappa shape index (κ3) is 4.53. The largest absolute Gasteiger partial charge is 0.497 e. The number of methoxy groups -OCH3 is 2. The van der Waals surface area contributed by atoms with E-state index in [1.165, 1.54) is 5.56 Å². The molecule has 0 atom stereocenters. The Bertz CT molecular complexity index is 618. The molecule has 0 bridgehead atoms. The van der Waals surface area contributed by atoms with Gasteiger partial charge in [-0.1, -0.05) is 54.1 Å². The van der Waals surface area contributed by atoms with Gasteiger partial charge in [-0.15, -0.1) is 0 Å². The van der Waals surface area contributed by atoms with Crippen LogP contribution in [0.5, 0.6) is 11.5 Å². The third-order valence-electron chi connectivity index (χ3n) is 3.11. The van der Waals surface area contributed by atoms with E-state index in [9.17, 15) is 0 Å². The van der Waals surface area contributed by atoms with Crippen LogP contribution in [0, 0.1) is 0 Å². The first-order chi connectivity index (χ1) is 10.2. The molecule has 0 unspecified atom stereocenters. The molecule has 0 saturated carbocycles. The zero-order valence-electron chi connectivity index (χ0n) is 12.7. The molecule has 0 N–H and O–H groups in total. The van der Waals surface area contributed by atoms with Gasteiger partial charge in [0.15, 0.2) is 0 Å². The summed E-state index contributed by atoms with van der Waals surface area (Å²) < 4.78 is 10.6. The number of ether oxygens (including phenoxy) is 2. The maximum atomic E-state index is 5.28. The number of benzene rings is 2. The number of hydrogen-bond donors (Lipinski definition) is 0. The fraction of sp³-hybridized carbons (Fsp3) is 0.158. The van der Waals surface area contributed by atoms with Gasteiger partial charge in [0.2, 0.25) is 0 Å². The van der Waals surface area contributed by atoms with Crippen molar-refractivity contribution in [3.8, 4) is 11.5 Å². The molecule has 0 heterocycles. The first kappa shape index (κ1) is 14.9. The molecule has 2 heteroatoms. The second-order valence-electron chi connectivity index (χ2n) is 4.78. The molecule has 0 aromatic heterocycles. The SMILES string of the molecule is COc1cc(C=C(C)C=Cc2ccccc2)cc(OC)c1. The van der Waals surface area contributed by atoms with Crippen LogP contribution in [-0.4, -0.2) is 14.2 Å². The predicted octanol–water partition coefficient (Wildman–Crippen LogP) is 4.82. The van der Waals surface area contributed by atoms with Gasteiger partial charge in [0.1, 0.15) is 11.5 Å². The summed E-state index contributed by atoms with van der Waals surface area (Å²) in [6, 6.07) is 16.1. The van der Waals surface area contributed by atoms with Crippen molar-refractivity contribution in [2.75, 3.05) is 14.2 Å². The first-order valence-electron chi connectivity index (χ1n) is 6.86. The molecule has 0 spiro atoms. The van der Waals surface area contributed by atoms with Gasteiger partial charge in [-0.05, 0) is 30.2 Å². The third-order valence-corrected chi connectivity index (χ3v) is 3.11. The van der Waals surface area contributed by atoms with E-state index in [0.29, 0.717) is 0 Å². The van der Waals surface area contributed by atoms with E-state index in [2.05, 4.69) is 37.3 Å². The summed E-state index contributed by atoms with van der Waals surface area (Å²) in [6.45, 7) is 2.07. The minimum Gasteiger partial charge on any atom is -0.497 e. The van der Waals surface area contributed by atoms with Crippen LogP contribution >= 0.6 is 0 Å². The van der Waals surface area contributed by atoms with Gasteiger partial charge in [0, 0.05) is 6.07 Å². The Labute approximate surface area is 126 Å². The molecule has 2 aromatic carbocycles. The van der Waals surface area contributed by atoms with Crippen LogP contribution in [0.15, 0.2) is 60.2 Å². The highest BCUT2D eigenvalue weighted by Crippen LogP contribution is 2.24. The molecule has 0 aliphatic heterocycles. The Hall–Kier alpha value is -2.48. The topological polar surface area (TPSA) is 18.5 Å². The molecule has 2 rings (SSSR count). The number of allylic oxidation sites excluding steroid dienone is 2. The lowest BCUT2D eigenvalue weighted by molar-refractivity contribution is 0.394. The molecule has 2 aromatic rings. The van der Waals surface area contributed by atoms with Crippen LogP contribution < -0.4 is 9.47 Å². The van der Waals surface area contributed by atoms with Gasteiger partial charge >= 0.3 is 0 Å². The summed E-state index contributed by atoms with van der Waals surface area (Å²) in [7, 11) is 3.31. The van der Waals surface area contributed by atoms with Gasteiger partial charge < -0.3 is 9.47 Å². The quantitative estimate of drug-likeness (QED) is 0.731. The molecule has 108 valence electrons. The minimum atomic E-state index is 0.792. The first-order valence-corrected chi connectivity index (χ1v) is 6.86. The average Bonchev–Trinajstić information content (AvgIpc) is 2.53. The Balaban J connectivity index is 2.20. The number of rotatable bonds is 5. The smallest absolute Gasteiger partial charge is 0.123 e. The lowest BCUT2D eigenvalue weighted by atomic mass is 10.1. The average molecular weight is 280 g/mol. The van der Waals surface area contributed by atoms with Crippen molar-refractivity contribution in [3.63, 3.8) is 0 Å². The van der Waals surface area contributed by atoms with Crippen LogP contribution in [-0.2, 0) is 0 Å². The molecule has 0 saturated heterocycles. The van der Waals surface area contributed by atoms with Crippen molar-refractivity contribution in [1.82, 2.24) is 0 Å². The van der Waals surface area contributed by atoms with Crippen molar-refractivity contribution in [2.45, 2.75) is 6.92 Å². The maximum Gasteiger partial charge on any atom is 0.123 e. The Kier molecular flexibility index (Phi) is 5.22. The van der Waals surface area contributed by atoms with E-state index in [0.717, 1.165) is 22.6 Å².